The zero-order valence-electron chi connectivity index (χ0n) is 9.97. The van der Waals surface area contributed by atoms with Gasteiger partial charge in [0.15, 0.2) is 0 Å². The number of halogens is 1. The van der Waals surface area contributed by atoms with Crippen LogP contribution in [-0.2, 0) is 0 Å². The second-order valence-corrected chi connectivity index (χ2v) is 4.05. The van der Waals surface area contributed by atoms with Crippen LogP contribution in [0.3, 0.4) is 0 Å². The summed E-state index contributed by atoms with van der Waals surface area (Å²) in [6.07, 6.45) is 3.44. The van der Waals surface area contributed by atoms with Crippen LogP contribution >= 0.6 is 0 Å². The van der Waals surface area contributed by atoms with Crippen molar-refractivity contribution in [2.45, 2.75) is 0 Å². The van der Waals surface area contributed by atoms with Gasteiger partial charge in [-0.1, -0.05) is 0 Å². The molecule has 0 fully saturated rings. The van der Waals surface area contributed by atoms with Crippen molar-refractivity contribution in [3.63, 3.8) is 0 Å². The molecule has 5 heteroatoms. The summed E-state index contributed by atoms with van der Waals surface area (Å²) in [7, 11) is 0. The molecular weight excluding hydrogens is 247 g/mol. The van der Waals surface area contributed by atoms with Crippen LogP contribution < -0.4 is 10.3 Å². The van der Waals surface area contributed by atoms with E-state index < -0.39 is 6.86 Å². The van der Waals surface area contributed by atoms with Gasteiger partial charge in [-0.25, -0.2) is 4.39 Å². The molecule has 19 heavy (non-hydrogen) atoms. The molecule has 0 amide bonds. The van der Waals surface area contributed by atoms with Gasteiger partial charge in [-0.15, -0.1) is 0 Å². The van der Waals surface area contributed by atoms with E-state index in [4.69, 9.17) is 4.74 Å². The average molecular weight is 258 g/mol. The third-order valence-corrected chi connectivity index (χ3v) is 2.95. The lowest BCUT2D eigenvalue weighted by molar-refractivity contribution is 0.192. The van der Waals surface area contributed by atoms with Crippen molar-refractivity contribution in [1.29, 1.82) is 0 Å². The summed E-state index contributed by atoms with van der Waals surface area (Å²) in [4.78, 5) is 15.2. The highest BCUT2D eigenvalue weighted by molar-refractivity contribution is 5.78. The van der Waals surface area contributed by atoms with E-state index in [-0.39, 0.29) is 5.56 Å². The van der Waals surface area contributed by atoms with Gasteiger partial charge >= 0.3 is 0 Å². The van der Waals surface area contributed by atoms with Crippen LogP contribution in [0.4, 0.5) is 4.39 Å². The number of fused-ring (bicyclic) bond motifs is 1. The fourth-order valence-electron chi connectivity index (χ4n) is 2.02. The quantitative estimate of drug-likeness (QED) is 0.785. The molecule has 0 saturated heterocycles. The number of nitrogens with one attached hydrogen (secondary N) is 1. The van der Waals surface area contributed by atoms with Crippen molar-refractivity contribution in [3.8, 4) is 11.4 Å². The molecule has 1 aromatic carbocycles. The second kappa shape index (κ2) is 4.61. The molecule has 3 rings (SSSR count). The molecular formula is C14H11FN2O2. The Morgan fingerprint density at radius 1 is 1.16 bits per heavy atom. The Morgan fingerprint density at radius 2 is 1.95 bits per heavy atom. The Labute approximate surface area is 108 Å². The molecule has 0 radical (unpaired) electrons. The SMILES string of the molecule is O=c1c2[nH]ccc2ccn1-c1ccc(OCF)cc1. The fourth-order valence-corrected chi connectivity index (χ4v) is 2.02. The minimum atomic E-state index is -0.867. The highest BCUT2D eigenvalue weighted by Crippen LogP contribution is 2.15. The molecule has 96 valence electrons. The number of alkyl halides is 1. The number of aromatic nitrogens is 2. The molecule has 0 aliphatic carbocycles. The average Bonchev–Trinajstić information content (AvgIpc) is 2.90. The van der Waals surface area contributed by atoms with Crippen LogP contribution in [0.2, 0.25) is 0 Å². The van der Waals surface area contributed by atoms with Crippen molar-refractivity contribution in [2.75, 3.05) is 6.86 Å². The molecule has 0 atom stereocenters. The first kappa shape index (κ1) is 11.5. The predicted octanol–water partition coefficient (Wildman–Crippen LogP) is 2.62. The number of hydrogen-bond donors (Lipinski definition) is 1. The summed E-state index contributed by atoms with van der Waals surface area (Å²) in [6.45, 7) is -0.867. The number of aromatic amines is 1. The summed E-state index contributed by atoms with van der Waals surface area (Å²) in [6, 6.07) is 10.4. The Hall–Kier alpha value is -2.56. The smallest absolute Gasteiger partial charge is 0.279 e. The first-order chi connectivity index (χ1) is 9.29. The third-order valence-electron chi connectivity index (χ3n) is 2.95. The van der Waals surface area contributed by atoms with E-state index in [1.54, 1.807) is 36.7 Å². The van der Waals surface area contributed by atoms with Crippen LogP contribution in [0.1, 0.15) is 0 Å². The molecule has 0 aliphatic rings. The number of pyridine rings is 1. The maximum atomic E-state index is 12.2. The van der Waals surface area contributed by atoms with E-state index in [9.17, 15) is 9.18 Å². The lowest BCUT2D eigenvalue weighted by Gasteiger charge is -2.07. The molecule has 0 bridgehead atoms. The molecule has 4 nitrogen and oxygen atoms in total. The van der Waals surface area contributed by atoms with E-state index in [0.717, 1.165) is 5.39 Å². The monoisotopic (exact) mass is 258 g/mol. The summed E-state index contributed by atoms with van der Waals surface area (Å²) in [5.41, 5.74) is 1.14. The lowest BCUT2D eigenvalue weighted by atomic mass is 10.2. The summed E-state index contributed by atoms with van der Waals surface area (Å²) < 4.78 is 18.3. The van der Waals surface area contributed by atoms with Crippen molar-refractivity contribution in [1.82, 2.24) is 9.55 Å². The Bertz CT molecular complexity index is 759. The van der Waals surface area contributed by atoms with E-state index in [2.05, 4.69) is 4.98 Å². The fraction of sp³-hybridized carbons (Fsp3) is 0.0714. The van der Waals surface area contributed by atoms with Crippen molar-refractivity contribution in [3.05, 3.63) is 59.1 Å². The summed E-state index contributed by atoms with van der Waals surface area (Å²) in [5.74, 6) is 0.431. The second-order valence-electron chi connectivity index (χ2n) is 4.05. The largest absolute Gasteiger partial charge is 0.463 e. The number of rotatable bonds is 3. The van der Waals surface area contributed by atoms with Crippen molar-refractivity contribution < 1.29 is 9.13 Å². The van der Waals surface area contributed by atoms with Gasteiger partial charge in [0, 0.05) is 23.5 Å². The maximum Gasteiger partial charge on any atom is 0.279 e. The van der Waals surface area contributed by atoms with Crippen molar-refractivity contribution >= 4 is 10.9 Å². The van der Waals surface area contributed by atoms with Gasteiger partial charge < -0.3 is 9.72 Å². The van der Waals surface area contributed by atoms with Gasteiger partial charge in [-0.05, 0) is 36.4 Å². The summed E-state index contributed by atoms with van der Waals surface area (Å²) in [5, 5.41) is 0.874. The van der Waals surface area contributed by atoms with Gasteiger partial charge in [0.2, 0.25) is 6.86 Å². The highest BCUT2D eigenvalue weighted by Gasteiger charge is 2.05. The minimum absolute atomic E-state index is 0.123. The van der Waals surface area contributed by atoms with E-state index in [1.165, 1.54) is 4.57 Å². The van der Waals surface area contributed by atoms with E-state index >= 15 is 0 Å². The van der Waals surface area contributed by atoms with Gasteiger partial charge in [0.25, 0.3) is 5.56 Å². The normalized spacial score (nSPS) is 10.8. The Kier molecular flexibility index (Phi) is 2.79. The van der Waals surface area contributed by atoms with Gasteiger partial charge in [0.1, 0.15) is 11.3 Å². The standard InChI is InChI=1S/C14H11FN2O2/c15-9-19-12-3-1-11(2-4-12)17-8-6-10-5-7-16-13(10)14(17)18/h1-8,16H,9H2. The molecule has 2 aromatic heterocycles. The molecule has 3 aromatic rings. The number of ether oxygens (including phenoxy) is 1. The van der Waals surface area contributed by atoms with Gasteiger partial charge in [-0.2, -0.15) is 0 Å². The van der Waals surface area contributed by atoms with Crippen LogP contribution in [-0.4, -0.2) is 16.4 Å². The highest BCUT2D eigenvalue weighted by atomic mass is 19.1. The lowest BCUT2D eigenvalue weighted by Crippen LogP contribution is -2.17. The van der Waals surface area contributed by atoms with Gasteiger partial charge in [0.05, 0.1) is 0 Å². The van der Waals surface area contributed by atoms with Crippen molar-refractivity contribution in [2.24, 2.45) is 0 Å². The summed E-state index contributed by atoms with van der Waals surface area (Å²) >= 11 is 0. The first-order valence-electron chi connectivity index (χ1n) is 5.77. The van der Waals surface area contributed by atoms with Gasteiger partial charge in [-0.3, -0.25) is 9.36 Å². The Balaban J connectivity index is 2.08. The third kappa shape index (κ3) is 1.99. The first-order valence-corrected chi connectivity index (χ1v) is 5.77. The Morgan fingerprint density at radius 3 is 2.68 bits per heavy atom. The molecule has 2 heterocycles. The topological polar surface area (TPSA) is 47.0 Å². The van der Waals surface area contributed by atoms with E-state index in [1.807, 2.05) is 12.1 Å². The zero-order valence-corrected chi connectivity index (χ0v) is 9.97. The number of nitrogens with zero attached hydrogens (tertiary/aromatic N) is 1. The van der Waals surface area contributed by atoms with Crippen LogP contribution in [0.15, 0.2) is 53.6 Å². The molecule has 0 unspecified atom stereocenters. The molecule has 0 aliphatic heterocycles. The predicted molar refractivity (Wildman–Crippen MR) is 70.5 cm³/mol. The van der Waals surface area contributed by atoms with Crippen LogP contribution in [0, 0.1) is 0 Å². The number of benzene rings is 1. The van der Waals surface area contributed by atoms with Crippen LogP contribution in [0.5, 0.6) is 5.75 Å². The number of H-pyrrole nitrogens is 1. The zero-order chi connectivity index (χ0) is 13.2. The van der Waals surface area contributed by atoms with E-state index in [0.29, 0.717) is 17.0 Å². The maximum absolute atomic E-state index is 12.2. The molecule has 0 saturated carbocycles. The molecule has 0 spiro atoms. The van der Waals surface area contributed by atoms with Crippen LogP contribution in [0.25, 0.3) is 16.6 Å². The number of hydrogen-bond acceptors (Lipinski definition) is 2. The minimum Gasteiger partial charge on any atom is -0.463 e. The molecule has 1 N–H and O–H groups in total.